The topological polar surface area (TPSA) is 75.1 Å². The van der Waals surface area contributed by atoms with E-state index in [2.05, 4.69) is 53.5 Å². The third kappa shape index (κ3) is 6.29. The number of hydrogen-bond donors (Lipinski definition) is 2. The maximum Gasteiger partial charge on any atom is 0.273 e. The average molecular weight is 449 g/mol. The first-order valence-electron chi connectivity index (χ1n) is 10.4. The fourth-order valence-corrected chi connectivity index (χ4v) is 4.60. The molecule has 2 aliphatic heterocycles. The van der Waals surface area contributed by atoms with Gasteiger partial charge in [-0.15, -0.1) is 29.9 Å². The number of nitrogens with one attached hydrogen (secondary N) is 2. The Labute approximate surface area is 187 Å². The fraction of sp³-hybridized carbons (Fsp3) is 0.850. The molecule has 2 aliphatic rings. The van der Waals surface area contributed by atoms with Crippen LogP contribution in [0.15, 0.2) is 0 Å². The van der Waals surface area contributed by atoms with Crippen LogP contribution in [-0.2, 0) is 0 Å². The highest BCUT2D eigenvalue weighted by atomic mass is 35.5. The molecule has 3 rings (SSSR count). The zero-order valence-electron chi connectivity index (χ0n) is 18.4. The van der Waals surface area contributed by atoms with Crippen molar-refractivity contribution in [1.29, 1.82) is 0 Å². The van der Waals surface area contributed by atoms with Crippen LogP contribution < -0.4 is 10.6 Å². The highest BCUT2D eigenvalue weighted by Crippen LogP contribution is 2.27. The molecule has 29 heavy (non-hydrogen) atoms. The van der Waals surface area contributed by atoms with Gasteiger partial charge in [0.15, 0.2) is 5.69 Å². The molecular weight excluding hydrogens is 411 g/mol. The summed E-state index contributed by atoms with van der Waals surface area (Å²) in [4.78, 5) is 15.3. The van der Waals surface area contributed by atoms with Gasteiger partial charge >= 0.3 is 0 Å². The van der Waals surface area contributed by atoms with Gasteiger partial charge in [0.1, 0.15) is 0 Å². The van der Waals surface area contributed by atoms with Gasteiger partial charge < -0.3 is 10.6 Å². The second kappa shape index (κ2) is 10.9. The molecule has 2 unspecified atom stereocenters. The van der Waals surface area contributed by atoms with Crippen molar-refractivity contribution in [3.05, 3.63) is 11.4 Å². The molecule has 168 valence electrons. The van der Waals surface area contributed by atoms with E-state index in [1.807, 2.05) is 11.6 Å². The van der Waals surface area contributed by atoms with Crippen molar-refractivity contribution in [2.45, 2.75) is 65.5 Å². The van der Waals surface area contributed by atoms with Gasteiger partial charge in [-0.05, 0) is 65.0 Å². The SMILES string of the molecule is Cc1c(C(=O)NCC(C)(C)N2CC(C)CC(C)C2)nnn1C1CCNCC1.Cl.Cl. The third-order valence-electron chi connectivity index (χ3n) is 6.20. The molecule has 0 saturated carbocycles. The Morgan fingerprint density at radius 3 is 2.34 bits per heavy atom. The predicted molar refractivity (Wildman–Crippen MR) is 121 cm³/mol. The van der Waals surface area contributed by atoms with E-state index in [-0.39, 0.29) is 36.3 Å². The lowest BCUT2D eigenvalue weighted by Crippen LogP contribution is -2.56. The summed E-state index contributed by atoms with van der Waals surface area (Å²) in [6.07, 6.45) is 3.35. The molecule has 2 N–H and O–H groups in total. The van der Waals surface area contributed by atoms with Gasteiger partial charge in [-0.2, -0.15) is 0 Å². The van der Waals surface area contributed by atoms with Crippen molar-refractivity contribution in [1.82, 2.24) is 30.5 Å². The maximum absolute atomic E-state index is 12.8. The van der Waals surface area contributed by atoms with Crippen LogP contribution in [0.4, 0.5) is 0 Å². The third-order valence-corrected chi connectivity index (χ3v) is 6.20. The summed E-state index contributed by atoms with van der Waals surface area (Å²) in [5.41, 5.74) is 1.26. The second-order valence-corrected chi connectivity index (χ2v) is 9.30. The Kier molecular flexibility index (Phi) is 9.86. The van der Waals surface area contributed by atoms with E-state index in [0.29, 0.717) is 30.1 Å². The van der Waals surface area contributed by atoms with E-state index >= 15 is 0 Å². The summed E-state index contributed by atoms with van der Waals surface area (Å²) in [5, 5.41) is 15.0. The summed E-state index contributed by atoms with van der Waals surface area (Å²) in [6, 6.07) is 0.341. The maximum atomic E-state index is 12.8. The second-order valence-electron chi connectivity index (χ2n) is 9.30. The van der Waals surface area contributed by atoms with E-state index < -0.39 is 0 Å². The minimum absolute atomic E-state index is 0. The fourth-order valence-electron chi connectivity index (χ4n) is 4.60. The van der Waals surface area contributed by atoms with Gasteiger partial charge in [0.2, 0.25) is 0 Å². The number of halogens is 2. The van der Waals surface area contributed by atoms with Crippen LogP contribution in [0.3, 0.4) is 0 Å². The van der Waals surface area contributed by atoms with Crippen LogP contribution in [-0.4, -0.2) is 64.1 Å². The van der Waals surface area contributed by atoms with Crippen LogP contribution in [0.1, 0.15) is 69.2 Å². The quantitative estimate of drug-likeness (QED) is 0.723. The number of piperidine rings is 2. The molecule has 3 heterocycles. The van der Waals surface area contributed by atoms with Crippen molar-refractivity contribution >= 4 is 30.7 Å². The van der Waals surface area contributed by atoms with Gasteiger partial charge in [-0.25, -0.2) is 4.68 Å². The molecule has 0 spiro atoms. The summed E-state index contributed by atoms with van der Waals surface area (Å²) < 4.78 is 1.94. The van der Waals surface area contributed by atoms with Crippen molar-refractivity contribution in [2.24, 2.45) is 11.8 Å². The summed E-state index contributed by atoms with van der Waals surface area (Å²) in [7, 11) is 0. The van der Waals surface area contributed by atoms with E-state index in [0.717, 1.165) is 44.7 Å². The molecule has 0 radical (unpaired) electrons. The highest BCUT2D eigenvalue weighted by Gasteiger charge is 2.33. The minimum atomic E-state index is -0.112. The number of likely N-dealkylation sites (tertiary alicyclic amines) is 1. The van der Waals surface area contributed by atoms with Crippen LogP contribution in [0, 0.1) is 18.8 Å². The van der Waals surface area contributed by atoms with Crippen LogP contribution in [0.25, 0.3) is 0 Å². The summed E-state index contributed by atoms with van der Waals surface area (Å²) in [5.74, 6) is 1.30. The smallest absolute Gasteiger partial charge is 0.273 e. The van der Waals surface area contributed by atoms with E-state index in [4.69, 9.17) is 0 Å². The first-order valence-corrected chi connectivity index (χ1v) is 10.4. The number of aromatic nitrogens is 3. The number of rotatable bonds is 5. The molecule has 2 atom stereocenters. The number of carbonyl (C=O) groups excluding carboxylic acids is 1. The number of hydrogen-bond acceptors (Lipinski definition) is 5. The Morgan fingerprint density at radius 2 is 1.76 bits per heavy atom. The number of nitrogens with zero attached hydrogens (tertiary/aromatic N) is 4. The normalized spacial score (nSPS) is 23.8. The van der Waals surface area contributed by atoms with Gasteiger partial charge in [-0.3, -0.25) is 9.69 Å². The Morgan fingerprint density at radius 1 is 1.17 bits per heavy atom. The Balaban J connectivity index is 0.00000210. The predicted octanol–water partition coefficient (Wildman–Crippen LogP) is 2.84. The molecule has 0 aliphatic carbocycles. The molecule has 0 aromatic carbocycles. The van der Waals surface area contributed by atoms with Crippen molar-refractivity contribution in [2.75, 3.05) is 32.7 Å². The summed E-state index contributed by atoms with van der Waals surface area (Å²) in [6.45, 7) is 15.8. The zero-order valence-corrected chi connectivity index (χ0v) is 20.0. The Bertz CT molecular complexity index is 649. The molecule has 2 saturated heterocycles. The first kappa shape index (κ1) is 26.1. The van der Waals surface area contributed by atoms with Gasteiger partial charge in [-0.1, -0.05) is 19.1 Å². The lowest BCUT2D eigenvalue weighted by molar-refractivity contribution is 0.0444. The lowest BCUT2D eigenvalue weighted by Gasteiger charge is -2.45. The van der Waals surface area contributed by atoms with Crippen molar-refractivity contribution in [3.63, 3.8) is 0 Å². The van der Waals surface area contributed by atoms with Crippen LogP contribution >= 0.6 is 24.8 Å². The van der Waals surface area contributed by atoms with Gasteiger partial charge in [0.05, 0.1) is 11.7 Å². The van der Waals surface area contributed by atoms with Crippen LogP contribution in [0.2, 0.25) is 0 Å². The van der Waals surface area contributed by atoms with Crippen molar-refractivity contribution in [3.8, 4) is 0 Å². The minimum Gasteiger partial charge on any atom is -0.349 e. The monoisotopic (exact) mass is 448 g/mol. The molecule has 1 amide bonds. The van der Waals surface area contributed by atoms with Crippen LogP contribution in [0.5, 0.6) is 0 Å². The number of amides is 1. The zero-order chi connectivity index (χ0) is 19.6. The van der Waals surface area contributed by atoms with E-state index in [1.165, 1.54) is 6.42 Å². The first-order chi connectivity index (χ1) is 12.8. The largest absolute Gasteiger partial charge is 0.349 e. The summed E-state index contributed by atoms with van der Waals surface area (Å²) >= 11 is 0. The van der Waals surface area contributed by atoms with Gasteiger partial charge in [0.25, 0.3) is 5.91 Å². The Hall–Kier alpha value is -0.890. The molecule has 2 fully saturated rings. The van der Waals surface area contributed by atoms with Gasteiger partial charge in [0, 0.05) is 25.2 Å². The van der Waals surface area contributed by atoms with E-state index in [1.54, 1.807) is 0 Å². The molecule has 1 aromatic rings. The molecule has 0 bridgehead atoms. The molecule has 9 heteroatoms. The highest BCUT2D eigenvalue weighted by molar-refractivity contribution is 5.93. The molecule has 1 aromatic heterocycles. The lowest BCUT2D eigenvalue weighted by atomic mass is 9.88. The standard InChI is InChI=1S/C20H36N6O.2ClH/c1-14-10-15(2)12-25(11-14)20(4,5)13-22-19(27)18-16(3)26(24-23-18)17-6-8-21-9-7-17;;/h14-15,17,21H,6-13H2,1-5H3,(H,22,27);2*1H. The average Bonchev–Trinajstić information content (AvgIpc) is 3.01. The van der Waals surface area contributed by atoms with Crippen molar-refractivity contribution < 1.29 is 4.79 Å². The molecule has 7 nitrogen and oxygen atoms in total. The van der Waals surface area contributed by atoms with E-state index in [9.17, 15) is 4.79 Å². The number of carbonyl (C=O) groups is 1. The molecular formula is C20H38Cl2N6O.